The van der Waals surface area contributed by atoms with Gasteiger partial charge in [0.2, 0.25) is 10.0 Å². The lowest BCUT2D eigenvalue weighted by atomic mass is 10.0. The summed E-state index contributed by atoms with van der Waals surface area (Å²) in [7, 11) is -1.75. The Morgan fingerprint density at radius 1 is 1.10 bits per heavy atom. The van der Waals surface area contributed by atoms with Crippen molar-refractivity contribution < 1.29 is 13.2 Å². The molecule has 4 N–H and O–H groups in total. The standard InChI is InChI=1S/C35H33N9O4S/c1-22(40-34(45)32-33(36)38-21-27(41-32)16-17-28(20-37-3)42-49(5,47)48)30-18-25-11-9-10-24(14-15-26-19-39-43(4)23(26)2)31(25)35(46)44(30)29-12-7-6-8-13-29/h6-13,16-22,42H,3H2,1-2,4-5H3,(H2,36,38)(H,40,45)/b17-16+,28-20+/t22-/m1/s1. The highest BCUT2D eigenvalue weighted by Crippen LogP contribution is 2.24. The molecule has 248 valence electrons. The monoisotopic (exact) mass is 675 g/mol. The van der Waals surface area contributed by atoms with Gasteiger partial charge in [0.15, 0.2) is 11.5 Å². The third-order valence-corrected chi connectivity index (χ3v) is 8.06. The number of pyridine rings is 1. The van der Waals surface area contributed by atoms with Gasteiger partial charge < -0.3 is 11.1 Å². The van der Waals surface area contributed by atoms with E-state index in [1.54, 1.807) is 40.6 Å². The number of hydrogen-bond donors (Lipinski definition) is 3. The SMILES string of the molecule is C=N/C=C(\C=C\c1cnc(N)c(C(=O)N[C@H](C)c2cc3cccc(C#Cc4cnn(C)c4C)c3c(=O)n2-c2ccccc2)n1)NS(C)(=O)=O. The van der Waals surface area contributed by atoms with E-state index < -0.39 is 22.0 Å². The first-order valence-corrected chi connectivity index (χ1v) is 16.8. The number of anilines is 1. The molecule has 0 saturated heterocycles. The van der Waals surface area contributed by atoms with Gasteiger partial charge in [-0.15, -0.1) is 0 Å². The van der Waals surface area contributed by atoms with Gasteiger partial charge in [-0.2, -0.15) is 5.10 Å². The van der Waals surface area contributed by atoms with Crippen LogP contribution >= 0.6 is 0 Å². The van der Waals surface area contributed by atoms with Crippen LogP contribution in [0, 0.1) is 18.8 Å². The minimum absolute atomic E-state index is 0.118. The van der Waals surface area contributed by atoms with E-state index in [9.17, 15) is 18.0 Å². The minimum Gasteiger partial charge on any atom is -0.382 e. The number of benzene rings is 2. The molecule has 0 fully saturated rings. The van der Waals surface area contributed by atoms with E-state index in [-0.39, 0.29) is 28.5 Å². The highest BCUT2D eigenvalue weighted by Gasteiger charge is 2.22. The molecule has 0 radical (unpaired) electrons. The number of nitrogens with one attached hydrogen (secondary N) is 2. The summed E-state index contributed by atoms with van der Waals surface area (Å²) in [5, 5.41) is 8.23. The highest BCUT2D eigenvalue weighted by molar-refractivity contribution is 7.88. The minimum atomic E-state index is -3.59. The van der Waals surface area contributed by atoms with Crippen molar-refractivity contribution >= 4 is 45.3 Å². The summed E-state index contributed by atoms with van der Waals surface area (Å²) in [5.41, 5.74) is 9.25. The van der Waals surface area contributed by atoms with Crippen molar-refractivity contribution in [3.63, 3.8) is 0 Å². The van der Waals surface area contributed by atoms with Gasteiger partial charge in [0.1, 0.15) is 0 Å². The van der Waals surface area contributed by atoms with Crippen molar-refractivity contribution in [3.05, 3.63) is 129 Å². The molecule has 2 aromatic carbocycles. The number of para-hydroxylation sites is 1. The van der Waals surface area contributed by atoms with Gasteiger partial charge in [0.05, 0.1) is 58.9 Å². The number of nitrogens with two attached hydrogens (primary N) is 1. The van der Waals surface area contributed by atoms with Gasteiger partial charge in [-0.3, -0.25) is 28.6 Å². The van der Waals surface area contributed by atoms with Gasteiger partial charge >= 0.3 is 0 Å². The molecule has 14 heteroatoms. The van der Waals surface area contributed by atoms with Crippen molar-refractivity contribution in [2.24, 2.45) is 12.0 Å². The molecule has 0 spiro atoms. The van der Waals surface area contributed by atoms with Crippen LogP contribution in [0.1, 0.15) is 51.7 Å². The predicted molar refractivity (Wildman–Crippen MR) is 190 cm³/mol. The molecule has 0 bridgehead atoms. The zero-order valence-corrected chi connectivity index (χ0v) is 28.0. The molecule has 49 heavy (non-hydrogen) atoms. The lowest BCUT2D eigenvalue weighted by Crippen LogP contribution is -2.33. The van der Waals surface area contributed by atoms with Crippen LogP contribution in [0.4, 0.5) is 5.82 Å². The number of allylic oxidation sites excluding steroid dienone is 1. The largest absolute Gasteiger partial charge is 0.382 e. The Labute approximate surface area is 283 Å². The van der Waals surface area contributed by atoms with Gasteiger partial charge in [-0.1, -0.05) is 42.2 Å². The second-order valence-corrected chi connectivity index (χ2v) is 12.8. The van der Waals surface area contributed by atoms with E-state index in [2.05, 4.69) is 48.7 Å². The fraction of sp³-hybridized carbons (Fsp3) is 0.143. The number of aliphatic imine (C=N–C) groups is 1. The molecule has 0 unspecified atom stereocenters. The zero-order valence-electron chi connectivity index (χ0n) is 27.2. The lowest BCUT2D eigenvalue weighted by Gasteiger charge is -2.21. The summed E-state index contributed by atoms with van der Waals surface area (Å²) in [6, 6.07) is 15.7. The van der Waals surface area contributed by atoms with Crippen LogP contribution in [0.3, 0.4) is 0 Å². The number of aryl methyl sites for hydroxylation is 1. The molecule has 5 rings (SSSR count). The predicted octanol–water partition coefficient (Wildman–Crippen LogP) is 3.40. The maximum Gasteiger partial charge on any atom is 0.274 e. The Hall–Kier alpha value is -6.33. The Morgan fingerprint density at radius 2 is 1.84 bits per heavy atom. The Kier molecular flexibility index (Phi) is 9.86. The maximum absolute atomic E-state index is 14.3. The summed E-state index contributed by atoms with van der Waals surface area (Å²) in [6.45, 7) is 7.01. The topological polar surface area (TPSA) is 179 Å². The van der Waals surface area contributed by atoms with Gasteiger partial charge in [0, 0.05) is 24.0 Å². The molecule has 1 atom stereocenters. The third-order valence-electron chi connectivity index (χ3n) is 7.45. The summed E-state index contributed by atoms with van der Waals surface area (Å²) in [4.78, 5) is 39.9. The van der Waals surface area contributed by atoms with E-state index in [1.165, 1.54) is 24.5 Å². The Morgan fingerprint density at radius 3 is 2.51 bits per heavy atom. The second kappa shape index (κ2) is 14.2. The van der Waals surface area contributed by atoms with Crippen LogP contribution in [0.25, 0.3) is 22.5 Å². The van der Waals surface area contributed by atoms with Crippen LogP contribution in [-0.2, 0) is 17.1 Å². The van der Waals surface area contributed by atoms with Crippen LogP contribution in [0.5, 0.6) is 0 Å². The van der Waals surface area contributed by atoms with Crippen LogP contribution in [0.15, 0.2) is 94.8 Å². The summed E-state index contributed by atoms with van der Waals surface area (Å²) >= 11 is 0. The number of aromatic nitrogens is 5. The Balaban J connectivity index is 1.53. The third kappa shape index (κ3) is 7.80. The van der Waals surface area contributed by atoms with Crippen LogP contribution < -0.4 is 21.3 Å². The van der Waals surface area contributed by atoms with Gasteiger partial charge in [0.25, 0.3) is 11.5 Å². The molecular weight excluding hydrogens is 643 g/mol. The lowest BCUT2D eigenvalue weighted by molar-refractivity contribution is 0.0934. The van der Waals surface area contributed by atoms with E-state index in [0.29, 0.717) is 27.7 Å². The number of carbonyl (C=O) groups excluding carboxylic acids is 1. The van der Waals surface area contributed by atoms with Crippen LogP contribution in [0.2, 0.25) is 0 Å². The average molecular weight is 676 g/mol. The number of hydrogen-bond acceptors (Lipinski definition) is 9. The molecular formula is C35H33N9O4S. The quantitative estimate of drug-likeness (QED) is 0.121. The molecule has 0 saturated carbocycles. The molecule has 5 aromatic rings. The molecule has 13 nitrogen and oxygen atoms in total. The van der Waals surface area contributed by atoms with E-state index in [1.807, 2.05) is 50.4 Å². The maximum atomic E-state index is 14.3. The van der Waals surface area contributed by atoms with Crippen molar-refractivity contribution in [1.82, 2.24) is 34.4 Å². The molecule has 0 aliphatic carbocycles. The second-order valence-electron chi connectivity index (χ2n) is 11.0. The first-order valence-electron chi connectivity index (χ1n) is 14.9. The number of fused-ring (bicyclic) bond motifs is 1. The smallest absolute Gasteiger partial charge is 0.274 e. The number of nitrogens with zero attached hydrogens (tertiary/aromatic N) is 6. The first-order chi connectivity index (χ1) is 23.4. The summed E-state index contributed by atoms with van der Waals surface area (Å²) in [5.74, 6) is 5.55. The van der Waals surface area contributed by atoms with Crippen LogP contribution in [-0.4, -0.2) is 51.6 Å². The van der Waals surface area contributed by atoms with E-state index in [4.69, 9.17) is 5.73 Å². The fourth-order valence-corrected chi connectivity index (χ4v) is 5.54. The van der Waals surface area contributed by atoms with Crippen molar-refractivity contribution in [2.75, 3.05) is 12.0 Å². The van der Waals surface area contributed by atoms with E-state index >= 15 is 0 Å². The molecule has 3 heterocycles. The Bertz CT molecular complexity index is 2380. The average Bonchev–Trinajstić information content (AvgIpc) is 3.38. The number of rotatable bonds is 9. The summed E-state index contributed by atoms with van der Waals surface area (Å²) < 4.78 is 28.9. The molecule has 1 amide bonds. The molecule has 0 aliphatic heterocycles. The summed E-state index contributed by atoms with van der Waals surface area (Å²) in [6.07, 6.45) is 8.06. The molecule has 3 aromatic heterocycles. The molecule has 0 aliphatic rings. The van der Waals surface area contributed by atoms with Crippen molar-refractivity contribution in [1.29, 1.82) is 0 Å². The zero-order chi connectivity index (χ0) is 35.3. The van der Waals surface area contributed by atoms with Crippen molar-refractivity contribution in [2.45, 2.75) is 19.9 Å². The number of nitrogen functional groups attached to an aromatic ring is 1. The van der Waals surface area contributed by atoms with E-state index in [0.717, 1.165) is 17.5 Å². The number of sulfonamides is 1. The number of carbonyl (C=O) groups is 1. The number of amides is 1. The van der Waals surface area contributed by atoms with Crippen molar-refractivity contribution in [3.8, 4) is 17.5 Å². The van der Waals surface area contributed by atoms with Gasteiger partial charge in [-0.05, 0) is 62.4 Å². The van der Waals surface area contributed by atoms with Gasteiger partial charge in [-0.25, -0.2) is 18.4 Å². The fourth-order valence-electron chi connectivity index (χ4n) is 4.99. The highest BCUT2D eigenvalue weighted by atomic mass is 32.2. The normalized spacial score (nSPS) is 12.4. The first kappa shape index (κ1) is 34.0.